The van der Waals surface area contributed by atoms with E-state index in [1.807, 2.05) is 42.5 Å². The monoisotopic (exact) mass is 285 g/mol. The number of aliphatic hydroxyl groups excluding tert-OH is 1. The molecule has 0 heterocycles. The van der Waals surface area contributed by atoms with Crippen molar-refractivity contribution in [1.82, 2.24) is 5.32 Å². The van der Waals surface area contributed by atoms with Gasteiger partial charge in [-0.1, -0.05) is 37.3 Å². The van der Waals surface area contributed by atoms with Crippen LogP contribution < -0.4 is 10.1 Å². The first-order chi connectivity index (χ1) is 10.3. The summed E-state index contributed by atoms with van der Waals surface area (Å²) in [4.78, 5) is 0. The van der Waals surface area contributed by atoms with Crippen LogP contribution in [0.15, 0.2) is 48.5 Å². The Morgan fingerprint density at radius 1 is 1.05 bits per heavy atom. The fourth-order valence-corrected chi connectivity index (χ4v) is 2.13. The molecule has 3 heteroatoms. The maximum absolute atomic E-state index is 8.93. The first-order valence-corrected chi connectivity index (χ1v) is 7.49. The van der Waals surface area contributed by atoms with Gasteiger partial charge in [0.25, 0.3) is 0 Å². The quantitative estimate of drug-likeness (QED) is 0.729. The molecule has 2 rings (SSSR count). The van der Waals surface area contributed by atoms with Crippen molar-refractivity contribution in [3.63, 3.8) is 0 Å². The first kappa shape index (κ1) is 15.5. The van der Waals surface area contributed by atoms with Gasteiger partial charge >= 0.3 is 0 Å². The number of ether oxygens (including phenoxy) is 1. The molecule has 112 valence electrons. The van der Waals surface area contributed by atoms with Gasteiger partial charge in [0.05, 0.1) is 0 Å². The summed E-state index contributed by atoms with van der Waals surface area (Å²) in [6.07, 6.45) is 1.80. The lowest BCUT2D eigenvalue weighted by Gasteiger charge is -2.12. The molecule has 0 aliphatic heterocycles. The highest BCUT2D eigenvalue weighted by Gasteiger charge is 2.04. The van der Waals surface area contributed by atoms with E-state index in [1.54, 1.807) is 0 Å². The molecule has 0 fully saturated rings. The van der Waals surface area contributed by atoms with E-state index in [1.165, 1.54) is 0 Å². The number of nitrogens with one attached hydrogen (secondary N) is 1. The van der Waals surface area contributed by atoms with Crippen LogP contribution in [0.5, 0.6) is 11.5 Å². The van der Waals surface area contributed by atoms with E-state index < -0.39 is 0 Å². The summed E-state index contributed by atoms with van der Waals surface area (Å²) in [6, 6.07) is 16.0. The molecule has 0 radical (unpaired) electrons. The summed E-state index contributed by atoms with van der Waals surface area (Å²) < 4.78 is 5.97. The number of aliphatic hydroxyl groups is 1. The Balaban J connectivity index is 2.04. The van der Waals surface area contributed by atoms with Crippen LogP contribution in [0.1, 0.15) is 24.5 Å². The van der Waals surface area contributed by atoms with Gasteiger partial charge in [-0.05, 0) is 43.1 Å². The van der Waals surface area contributed by atoms with Crippen molar-refractivity contribution in [3.05, 3.63) is 59.7 Å². The third kappa shape index (κ3) is 4.88. The molecule has 0 aliphatic rings. The SMILES string of the molecule is CCCNCc1ccccc1Oc1ccc(CCO)cc1. The molecule has 0 amide bonds. The summed E-state index contributed by atoms with van der Waals surface area (Å²) in [5.74, 6) is 1.70. The lowest BCUT2D eigenvalue weighted by Crippen LogP contribution is -2.14. The largest absolute Gasteiger partial charge is 0.457 e. The molecule has 0 saturated heterocycles. The number of benzene rings is 2. The van der Waals surface area contributed by atoms with Crippen molar-refractivity contribution in [2.45, 2.75) is 26.3 Å². The number of hydrogen-bond donors (Lipinski definition) is 2. The van der Waals surface area contributed by atoms with Gasteiger partial charge in [-0.2, -0.15) is 0 Å². The first-order valence-electron chi connectivity index (χ1n) is 7.49. The van der Waals surface area contributed by atoms with Crippen LogP contribution in [0.25, 0.3) is 0 Å². The summed E-state index contributed by atoms with van der Waals surface area (Å²) in [6.45, 7) is 4.15. The summed E-state index contributed by atoms with van der Waals surface area (Å²) in [5, 5.41) is 12.3. The highest BCUT2D eigenvalue weighted by Crippen LogP contribution is 2.25. The van der Waals surface area contributed by atoms with Crippen molar-refractivity contribution in [2.75, 3.05) is 13.2 Å². The average molecular weight is 285 g/mol. The highest BCUT2D eigenvalue weighted by atomic mass is 16.5. The molecule has 3 nitrogen and oxygen atoms in total. The standard InChI is InChI=1S/C18H23NO2/c1-2-12-19-14-16-5-3-4-6-18(16)21-17-9-7-15(8-10-17)11-13-20/h3-10,19-20H,2,11-14H2,1H3. The van der Waals surface area contributed by atoms with E-state index in [0.717, 1.165) is 42.1 Å². The number of para-hydroxylation sites is 1. The molecular formula is C18H23NO2. The van der Waals surface area contributed by atoms with E-state index in [2.05, 4.69) is 18.3 Å². The lowest BCUT2D eigenvalue weighted by atomic mass is 10.1. The zero-order chi connectivity index (χ0) is 14.9. The van der Waals surface area contributed by atoms with Gasteiger partial charge in [0.1, 0.15) is 11.5 Å². The normalized spacial score (nSPS) is 10.6. The zero-order valence-electron chi connectivity index (χ0n) is 12.5. The van der Waals surface area contributed by atoms with Crippen LogP contribution in [-0.4, -0.2) is 18.3 Å². The van der Waals surface area contributed by atoms with Crippen LogP contribution in [0.3, 0.4) is 0 Å². The van der Waals surface area contributed by atoms with Gasteiger partial charge in [-0.15, -0.1) is 0 Å². The topological polar surface area (TPSA) is 41.5 Å². The summed E-state index contributed by atoms with van der Waals surface area (Å²) in [5.41, 5.74) is 2.27. The molecule has 21 heavy (non-hydrogen) atoms. The molecule has 0 unspecified atom stereocenters. The second-order valence-corrected chi connectivity index (χ2v) is 5.00. The number of rotatable bonds is 8. The fourth-order valence-electron chi connectivity index (χ4n) is 2.13. The minimum absolute atomic E-state index is 0.173. The molecule has 0 atom stereocenters. The summed E-state index contributed by atoms with van der Waals surface area (Å²) in [7, 11) is 0. The molecule has 0 spiro atoms. The maximum atomic E-state index is 8.93. The third-order valence-electron chi connectivity index (χ3n) is 3.27. The van der Waals surface area contributed by atoms with E-state index in [4.69, 9.17) is 9.84 Å². The predicted molar refractivity (Wildman–Crippen MR) is 85.7 cm³/mol. The Kier molecular flexibility index (Phi) is 6.25. The van der Waals surface area contributed by atoms with Crippen molar-refractivity contribution in [2.24, 2.45) is 0 Å². The van der Waals surface area contributed by atoms with E-state index in [0.29, 0.717) is 6.42 Å². The second kappa shape index (κ2) is 8.45. The van der Waals surface area contributed by atoms with E-state index in [-0.39, 0.29) is 6.61 Å². The van der Waals surface area contributed by atoms with Gasteiger partial charge in [0, 0.05) is 18.7 Å². The molecule has 0 aliphatic carbocycles. The molecule has 2 aromatic carbocycles. The molecule has 2 N–H and O–H groups in total. The van der Waals surface area contributed by atoms with E-state index in [9.17, 15) is 0 Å². The van der Waals surface area contributed by atoms with Gasteiger partial charge in [-0.25, -0.2) is 0 Å². The number of hydrogen-bond acceptors (Lipinski definition) is 3. The van der Waals surface area contributed by atoms with Gasteiger partial charge in [-0.3, -0.25) is 0 Å². The Labute approximate surface area is 126 Å². The average Bonchev–Trinajstić information content (AvgIpc) is 2.51. The van der Waals surface area contributed by atoms with Crippen LogP contribution in [0.2, 0.25) is 0 Å². The third-order valence-corrected chi connectivity index (χ3v) is 3.27. The second-order valence-electron chi connectivity index (χ2n) is 5.00. The van der Waals surface area contributed by atoms with E-state index >= 15 is 0 Å². The zero-order valence-corrected chi connectivity index (χ0v) is 12.5. The van der Waals surface area contributed by atoms with Gasteiger partial charge in [0.15, 0.2) is 0 Å². The van der Waals surface area contributed by atoms with Gasteiger partial charge < -0.3 is 15.2 Å². The maximum Gasteiger partial charge on any atom is 0.131 e. The van der Waals surface area contributed by atoms with Crippen molar-refractivity contribution in [3.8, 4) is 11.5 Å². The smallest absolute Gasteiger partial charge is 0.131 e. The Hall–Kier alpha value is -1.84. The predicted octanol–water partition coefficient (Wildman–Crippen LogP) is 3.51. The van der Waals surface area contributed by atoms with Crippen LogP contribution in [0, 0.1) is 0 Å². The van der Waals surface area contributed by atoms with Crippen LogP contribution in [0.4, 0.5) is 0 Å². The Bertz CT molecular complexity index is 537. The Morgan fingerprint density at radius 2 is 1.81 bits per heavy atom. The molecule has 0 saturated carbocycles. The Morgan fingerprint density at radius 3 is 2.52 bits per heavy atom. The van der Waals surface area contributed by atoms with Crippen molar-refractivity contribution >= 4 is 0 Å². The lowest BCUT2D eigenvalue weighted by molar-refractivity contribution is 0.299. The fraction of sp³-hybridized carbons (Fsp3) is 0.333. The minimum atomic E-state index is 0.173. The van der Waals surface area contributed by atoms with Crippen molar-refractivity contribution in [1.29, 1.82) is 0 Å². The summed E-state index contributed by atoms with van der Waals surface area (Å²) >= 11 is 0. The molecule has 0 aromatic heterocycles. The highest BCUT2D eigenvalue weighted by molar-refractivity contribution is 5.38. The van der Waals surface area contributed by atoms with Crippen LogP contribution >= 0.6 is 0 Å². The van der Waals surface area contributed by atoms with Crippen LogP contribution in [-0.2, 0) is 13.0 Å². The minimum Gasteiger partial charge on any atom is -0.457 e. The molecule has 0 bridgehead atoms. The van der Waals surface area contributed by atoms with Gasteiger partial charge in [0.2, 0.25) is 0 Å². The molecular weight excluding hydrogens is 262 g/mol. The van der Waals surface area contributed by atoms with Crippen molar-refractivity contribution < 1.29 is 9.84 Å². The molecule has 2 aromatic rings.